The molecule has 0 unspecified atom stereocenters. The van der Waals surface area contributed by atoms with E-state index in [0.29, 0.717) is 32.2 Å². The maximum Gasteiger partial charge on any atom is 0.242 e. The summed E-state index contributed by atoms with van der Waals surface area (Å²) in [5, 5.41) is 8.48. The van der Waals surface area contributed by atoms with Crippen LogP contribution in [0.25, 0.3) is 0 Å². The Hall–Kier alpha value is -2.70. The second-order valence-corrected chi connectivity index (χ2v) is 8.78. The highest BCUT2D eigenvalue weighted by atomic mass is 16.2. The monoisotopic (exact) mass is 445 g/mol. The highest BCUT2D eigenvalue weighted by molar-refractivity contribution is 5.87. The zero-order chi connectivity index (χ0) is 23.9. The number of aldehydes is 1. The summed E-state index contributed by atoms with van der Waals surface area (Å²) in [6.07, 6.45) is 3.91. The predicted octanol–water partition coefficient (Wildman–Crippen LogP) is 2.78. The van der Waals surface area contributed by atoms with Crippen molar-refractivity contribution in [3.63, 3.8) is 0 Å². The predicted molar refractivity (Wildman–Crippen MR) is 126 cm³/mol. The summed E-state index contributed by atoms with van der Waals surface area (Å²) in [6, 6.07) is 8.44. The Bertz CT molecular complexity index is 721. The zero-order valence-electron chi connectivity index (χ0n) is 19.9. The number of rotatable bonds is 15. The molecule has 0 heterocycles. The van der Waals surface area contributed by atoms with Gasteiger partial charge in [0.15, 0.2) is 0 Å². The minimum atomic E-state index is -0.555. The normalized spacial score (nSPS) is 13.7. The molecule has 0 aliphatic carbocycles. The van der Waals surface area contributed by atoms with Gasteiger partial charge in [-0.25, -0.2) is 0 Å². The number of unbranched alkanes of at least 4 members (excludes halogenated alkanes) is 1. The SMILES string of the molecule is CC[C@@H](C)[C@@H](NC(=O)CC(C)C)C(=O)NCCCCC(=O)N[C@@H](C=O)Cc1ccccc1. The van der Waals surface area contributed by atoms with Gasteiger partial charge in [0.05, 0.1) is 6.04 Å². The van der Waals surface area contributed by atoms with Gasteiger partial charge >= 0.3 is 0 Å². The Balaban J connectivity index is 2.35. The summed E-state index contributed by atoms with van der Waals surface area (Å²) in [5.74, 6) is -0.222. The number of hydrogen-bond donors (Lipinski definition) is 3. The van der Waals surface area contributed by atoms with Crippen LogP contribution >= 0.6 is 0 Å². The molecule has 7 nitrogen and oxygen atoms in total. The number of amides is 3. The number of carbonyl (C=O) groups excluding carboxylic acids is 4. The van der Waals surface area contributed by atoms with Gasteiger partial charge in [0.1, 0.15) is 12.3 Å². The first-order chi connectivity index (χ1) is 15.3. The largest absolute Gasteiger partial charge is 0.354 e. The van der Waals surface area contributed by atoms with Crippen molar-refractivity contribution in [1.82, 2.24) is 16.0 Å². The smallest absolute Gasteiger partial charge is 0.242 e. The van der Waals surface area contributed by atoms with E-state index in [-0.39, 0.29) is 36.0 Å². The van der Waals surface area contributed by atoms with Crippen LogP contribution in [0.2, 0.25) is 0 Å². The maximum absolute atomic E-state index is 12.6. The van der Waals surface area contributed by atoms with E-state index >= 15 is 0 Å². The molecule has 3 N–H and O–H groups in total. The molecule has 0 bridgehead atoms. The fourth-order valence-corrected chi connectivity index (χ4v) is 3.32. The molecule has 1 rings (SSSR count). The van der Waals surface area contributed by atoms with Crippen molar-refractivity contribution in [2.24, 2.45) is 11.8 Å². The van der Waals surface area contributed by atoms with Crippen molar-refractivity contribution >= 4 is 24.0 Å². The maximum atomic E-state index is 12.6. The van der Waals surface area contributed by atoms with Crippen LogP contribution in [0.3, 0.4) is 0 Å². The molecule has 0 aromatic heterocycles. The molecule has 7 heteroatoms. The molecule has 0 aliphatic rings. The molecule has 3 atom stereocenters. The Morgan fingerprint density at radius 3 is 2.25 bits per heavy atom. The lowest BCUT2D eigenvalue weighted by atomic mass is 9.97. The highest BCUT2D eigenvalue weighted by Crippen LogP contribution is 2.10. The molecule has 3 amide bonds. The minimum absolute atomic E-state index is 0.0294. The second kappa shape index (κ2) is 15.2. The van der Waals surface area contributed by atoms with Gasteiger partial charge in [-0.05, 0) is 36.7 Å². The fraction of sp³-hybridized carbons (Fsp3) is 0.600. The van der Waals surface area contributed by atoms with Crippen molar-refractivity contribution in [2.75, 3.05) is 6.54 Å². The van der Waals surface area contributed by atoms with Gasteiger partial charge in [0.25, 0.3) is 0 Å². The molecule has 0 saturated carbocycles. The van der Waals surface area contributed by atoms with E-state index < -0.39 is 12.1 Å². The van der Waals surface area contributed by atoms with Crippen LogP contribution in [0.1, 0.15) is 65.4 Å². The van der Waals surface area contributed by atoms with Gasteiger partial charge in [-0.15, -0.1) is 0 Å². The molecular weight excluding hydrogens is 406 g/mol. The topological polar surface area (TPSA) is 104 Å². The van der Waals surface area contributed by atoms with Crippen LogP contribution in [0.4, 0.5) is 0 Å². The summed E-state index contributed by atoms with van der Waals surface area (Å²) in [7, 11) is 0. The quantitative estimate of drug-likeness (QED) is 0.285. The second-order valence-electron chi connectivity index (χ2n) is 8.78. The lowest BCUT2D eigenvalue weighted by Gasteiger charge is -2.24. The molecular formula is C25H39N3O4. The lowest BCUT2D eigenvalue weighted by molar-refractivity contribution is -0.130. The molecule has 32 heavy (non-hydrogen) atoms. The highest BCUT2D eigenvalue weighted by Gasteiger charge is 2.25. The van der Waals surface area contributed by atoms with E-state index in [0.717, 1.165) is 18.3 Å². The molecule has 0 fully saturated rings. The summed E-state index contributed by atoms with van der Waals surface area (Å²) in [6.45, 7) is 8.30. The van der Waals surface area contributed by atoms with Gasteiger partial charge in [-0.1, -0.05) is 64.4 Å². The Kier molecular flexibility index (Phi) is 12.9. The van der Waals surface area contributed by atoms with Crippen molar-refractivity contribution in [1.29, 1.82) is 0 Å². The van der Waals surface area contributed by atoms with Gasteiger partial charge in [0, 0.05) is 19.4 Å². The average molecular weight is 446 g/mol. The summed E-state index contributed by atoms with van der Waals surface area (Å²) >= 11 is 0. The first-order valence-electron chi connectivity index (χ1n) is 11.6. The standard InChI is InChI=1S/C25H39N3O4/c1-5-19(4)24(28-23(31)15-18(2)3)25(32)26-14-10-9-13-22(30)27-21(17-29)16-20-11-7-6-8-12-20/h6-8,11-12,17-19,21,24H,5,9-10,13-16H2,1-4H3,(H,26,32)(H,27,30)(H,28,31)/t19-,21-,24-/m1/s1. The van der Waals surface area contributed by atoms with E-state index in [9.17, 15) is 19.2 Å². The molecule has 178 valence electrons. The Morgan fingerprint density at radius 2 is 1.66 bits per heavy atom. The van der Waals surface area contributed by atoms with Crippen LogP contribution in [0.5, 0.6) is 0 Å². The van der Waals surface area contributed by atoms with Crippen molar-refractivity contribution < 1.29 is 19.2 Å². The molecule has 1 aromatic carbocycles. The van der Waals surface area contributed by atoms with E-state index in [4.69, 9.17) is 0 Å². The number of hydrogen-bond acceptors (Lipinski definition) is 4. The third kappa shape index (κ3) is 11.1. The van der Waals surface area contributed by atoms with E-state index in [1.54, 1.807) is 0 Å². The molecule has 0 spiro atoms. The minimum Gasteiger partial charge on any atom is -0.354 e. The van der Waals surface area contributed by atoms with Crippen LogP contribution in [-0.4, -0.2) is 42.6 Å². The summed E-state index contributed by atoms with van der Waals surface area (Å²) < 4.78 is 0. The van der Waals surface area contributed by atoms with E-state index in [2.05, 4.69) is 16.0 Å². The zero-order valence-corrected chi connectivity index (χ0v) is 19.9. The van der Waals surface area contributed by atoms with Gasteiger partial charge in [-0.3, -0.25) is 14.4 Å². The van der Waals surface area contributed by atoms with E-state index in [1.165, 1.54) is 0 Å². The van der Waals surface area contributed by atoms with E-state index in [1.807, 2.05) is 58.0 Å². The Morgan fingerprint density at radius 1 is 0.969 bits per heavy atom. The lowest BCUT2D eigenvalue weighted by Crippen LogP contribution is -2.50. The fourth-order valence-electron chi connectivity index (χ4n) is 3.32. The van der Waals surface area contributed by atoms with Gasteiger partial charge in [-0.2, -0.15) is 0 Å². The van der Waals surface area contributed by atoms with Crippen LogP contribution in [0, 0.1) is 11.8 Å². The first kappa shape index (κ1) is 27.3. The number of carbonyl (C=O) groups is 4. The number of nitrogens with one attached hydrogen (secondary N) is 3. The molecule has 0 aliphatic heterocycles. The van der Waals surface area contributed by atoms with Crippen molar-refractivity contribution in [2.45, 2.75) is 78.3 Å². The average Bonchev–Trinajstić information content (AvgIpc) is 2.76. The molecule has 0 saturated heterocycles. The van der Waals surface area contributed by atoms with Crippen molar-refractivity contribution in [3.05, 3.63) is 35.9 Å². The van der Waals surface area contributed by atoms with Crippen LogP contribution in [-0.2, 0) is 25.6 Å². The third-order valence-electron chi connectivity index (χ3n) is 5.34. The Labute approximate surface area is 192 Å². The van der Waals surface area contributed by atoms with Gasteiger partial charge in [0.2, 0.25) is 17.7 Å². The first-order valence-corrected chi connectivity index (χ1v) is 11.6. The molecule has 0 radical (unpaired) electrons. The molecule has 1 aromatic rings. The summed E-state index contributed by atoms with van der Waals surface area (Å²) in [4.78, 5) is 48.1. The third-order valence-corrected chi connectivity index (χ3v) is 5.34. The van der Waals surface area contributed by atoms with Crippen molar-refractivity contribution in [3.8, 4) is 0 Å². The van der Waals surface area contributed by atoms with Gasteiger partial charge < -0.3 is 20.7 Å². The van der Waals surface area contributed by atoms with Crippen LogP contribution in [0.15, 0.2) is 30.3 Å². The number of benzene rings is 1. The summed E-state index contributed by atoms with van der Waals surface area (Å²) in [5.41, 5.74) is 0.990. The van der Waals surface area contributed by atoms with Crippen LogP contribution < -0.4 is 16.0 Å².